The molecule has 16 nitrogen and oxygen atoms in total. The highest BCUT2D eigenvalue weighted by Gasteiger charge is 2.23. The first-order chi connectivity index (χ1) is 27.5. The van der Waals surface area contributed by atoms with E-state index in [1.807, 2.05) is 0 Å². The van der Waals surface area contributed by atoms with Crippen LogP contribution >= 0.6 is 0 Å². The summed E-state index contributed by atoms with van der Waals surface area (Å²) in [6.07, 6.45) is 0. The number of hydrogen-bond acceptors (Lipinski definition) is 12. The van der Waals surface area contributed by atoms with Crippen LogP contribution in [-0.2, 0) is 37.9 Å². The fourth-order valence-electron chi connectivity index (χ4n) is 6.25. The minimum absolute atomic E-state index is 0.248. The molecule has 0 N–H and O–H groups in total. The molecule has 16 heteroatoms. The van der Waals surface area contributed by atoms with Gasteiger partial charge in [-0.3, -0.25) is 19.2 Å². The first-order valence-electron chi connectivity index (χ1n) is 19.5. The van der Waals surface area contributed by atoms with Gasteiger partial charge in [-0.15, -0.1) is 0 Å². The van der Waals surface area contributed by atoms with Crippen molar-refractivity contribution in [2.24, 2.45) is 0 Å². The number of benzene rings is 2. The van der Waals surface area contributed by atoms with E-state index in [-0.39, 0.29) is 76.5 Å². The SMILES string of the molecule is O=C1c2cccc(c2)C(=O)N2CCOCCOCCN(CCOCCOCC2)C(=O)c2cccc(c2)C(=O)N2CCOCCOCCN1CCOCCOCC2. The van der Waals surface area contributed by atoms with Crippen molar-refractivity contribution in [1.29, 1.82) is 0 Å². The zero-order valence-electron chi connectivity index (χ0n) is 32.3. The lowest BCUT2D eigenvalue weighted by atomic mass is 10.1. The average molecular weight is 785 g/mol. The van der Waals surface area contributed by atoms with E-state index < -0.39 is 0 Å². The fraction of sp³-hybridized carbons (Fsp3) is 0.600. The summed E-state index contributed by atoms with van der Waals surface area (Å²) >= 11 is 0. The van der Waals surface area contributed by atoms with Gasteiger partial charge in [0.05, 0.1) is 106 Å². The van der Waals surface area contributed by atoms with Crippen molar-refractivity contribution in [3.05, 3.63) is 70.8 Å². The van der Waals surface area contributed by atoms with Crippen molar-refractivity contribution in [2.75, 3.05) is 158 Å². The molecule has 6 aliphatic heterocycles. The van der Waals surface area contributed by atoms with Crippen LogP contribution < -0.4 is 0 Å². The number of nitrogens with zero attached hydrogens (tertiary/aromatic N) is 4. The van der Waals surface area contributed by atoms with Crippen LogP contribution in [0.1, 0.15) is 41.4 Å². The van der Waals surface area contributed by atoms with E-state index in [1.54, 1.807) is 68.1 Å². The molecule has 8 bridgehead atoms. The Morgan fingerprint density at radius 3 is 0.643 bits per heavy atom. The molecule has 0 aromatic heterocycles. The van der Waals surface area contributed by atoms with Crippen molar-refractivity contribution < 1.29 is 57.1 Å². The summed E-state index contributed by atoms with van der Waals surface area (Å²) in [4.78, 5) is 62.0. The number of carbonyl (C=O) groups excluding carboxylic acids is 4. The van der Waals surface area contributed by atoms with E-state index in [2.05, 4.69) is 0 Å². The summed E-state index contributed by atoms with van der Waals surface area (Å²) in [6.45, 7) is 6.81. The van der Waals surface area contributed by atoms with Crippen molar-refractivity contribution in [3.8, 4) is 0 Å². The first kappa shape index (κ1) is 43.1. The van der Waals surface area contributed by atoms with Gasteiger partial charge in [-0.1, -0.05) is 12.1 Å². The van der Waals surface area contributed by atoms with E-state index in [9.17, 15) is 19.2 Å². The highest BCUT2D eigenvalue weighted by molar-refractivity contribution is 6.00. The Bertz CT molecular complexity index is 1280. The lowest BCUT2D eigenvalue weighted by molar-refractivity contribution is 0.00861. The molecular formula is C40H56N4O12. The molecule has 6 aliphatic rings. The standard InChI is InChI=1S/C40H56N4O12/c45-37-33-3-1-4-34(31-33)38(46)42-9-17-51-25-29-55-21-13-44(14-22-56-30-26-52-18-10-42)40(48)36-6-2-5-35(32-36)39(47)43-11-19-53-27-23-49-15-7-41(37)8-16-50-24-28-54-20-12-43/h1-6,31-32H,7-30H2. The maximum Gasteiger partial charge on any atom is 0.254 e. The molecule has 2 fully saturated rings. The highest BCUT2D eigenvalue weighted by atomic mass is 16.5. The van der Waals surface area contributed by atoms with E-state index in [0.717, 1.165) is 0 Å². The Morgan fingerprint density at radius 2 is 0.464 bits per heavy atom. The summed E-state index contributed by atoms with van der Waals surface area (Å²) in [7, 11) is 0. The molecule has 0 aliphatic carbocycles. The summed E-state index contributed by atoms with van der Waals surface area (Å²) in [6, 6.07) is 13.4. The van der Waals surface area contributed by atoms with Crippen LogP contribution in [-0.4, -0.2) is 201 Å². The topological polar surface area (TPSA) is 155 Å². The van der Waals surface area contributed by atoms with Gasteiger partial charge in [0.15, 0.2) is 0 Å². The second kappa shape index (κ2) is 24.6. The van der Waals surface area contributed by atoms with Crippen molar-refractivity contribution in [3.63, 3.8) is 0 Å². The largest absolute Gasteiger partial charge is 0.377 e. The van der Waals surface area contributed by atoms with Crippen LogP contribution in [0, 0.1) is 0 Å². The predicted octanol–water partition coefficient (Wildman–Crippen LogP) is 1.33. The minimum atomic E-state index is -0.248. The minimum Gasteiger partial charge on any atom is -0.377 e. The molecule has 2 aromatic rings. The van der Waals surface area contributed by atoms with Crippen molar-refractivity contribution >= 4 is 23.6 Å². The molecule has 0 spiro atoms. The predicted molar refractivity (Wildman–Crippen MR) is 203 cm³/mol. The molecule has 6 heterocycles. The van der Waals surface area contributed by atoms with E-state index in [4.69, 9.17) is 37.9 Å². The molecule has 0 saturated carbocycles. The van der Waals surface area contributed by atoms with Gasteiger partial charge in [0.1, 0.15) is 0 Å². The Balaban J connectivity index is 1.40. The second-order valence-electron chi connectivity index (χ2n) is 13.2. The Morgan fingerprint density at radius 1 is 0.286 bits per heavy atom. The lowest BCUT2D eigenvalue weighted by Gasteiger charge is -2.26. The van der Waals surface area contributed by atoms with Crippen LogP contribution in [0.15, 0.2) is 48.5 Å². The van der Waals surface area contributed by atoms with Gasteiger partial charge in [-0.05, 0) is 36.4 Å². The maximum absolute atomic E-state index is 13.8. The van der Waals surface area contributed by atoms with Gasteiger partial charge in [0.25, 0.3) is 23.6 Å². The van der Waals surface area contributed by atoms with Gasteiger partial charge < -0.3 is 57.5 Å². The molecule has 8 rings (SSSR count). The summed E-state index contributed by atoms with van der Waals surface area (Å²) in [5, 5.41) is 0. The number of hydrogen-bond donors (Lipinski definition) is 0. The van der Waals surface area contributed by atoms with Crippen LogP contribution in [0.3, 0.4) is 0 Å². The molecule has 2 aromatic carbocycles. The van der Waals surface area contributed by atoms with Crippen molar-refractivity contribution in [2.45, 2.75) is 0 Å². The normalized spacial score (nSPS) is 21.4. The monoisotopic (exact) mass is 784 g/mol. The highest BCUT2D eigenvalue weighted by Crippen LogP contribution is 2.14. The van der Waals surface area contributed by atoms with Gasteiger partial charge in [-0.25, -0.2) is 0 Å². The Labute approximate surface area is 328 Å². The van der Waals surface area contributed by atoms with E-state index in [0.29, 0.717) is 127 Å². The maximum atomic E-state index is 13.8. The van der Waals surface area contributed by atoms with Crippen molar-refractivity contribution in [1.82, 2.24) is 19.6 Å². The fourth-order valence-corrected chi connectivity index (χ4v) is 6.25. The van der Waals surface area contributed by atoms with Gasteiger partial charge in [0.2, 0.25) is 0 Å². The van der Waals surface area contributed by atoms with Crippen LogP contribution in [0.4, 0.5) is 0 Å². The second-order valence-corrected chi connectivity index (χ2v) is 13.2. The Hall–Kier alpha value is -4.00. The summed E-state index contributed by atoms with van der Waals surface area (Å²) < 4.78 is 46.6. The number of ether oxygens (including phenoxy) is 8. The zero-order chi connectivity index (χ0) is 39.2. The molecule has 56 heavy (non-hydrogen) atoms. The third-order valence-electron chi connectivity index (χ3n) is 9.39. The van der Waals surface area contributed by atoms with Gasteiger partial charge in [-0.2, -0.15) is 0 Å². The first-order valence-corrected chi connectivity index (χ1v) is 19.5. The van der Waals surface area contributed by atoms with Gasteiger partial charge in [0, 0.05) is 74.6 Å². The third-order valence-corrected chi connectivity index (χ3v) is 9.39. The summed E-state index contributed by atoms with van der Waals surface area (Å²) in [5.41, 5.74) is 1.49. The molecular weight excluding hydrogens is 728 g/mol. The molecule has 0 atom stereocenters. The molecule has 2 saturated heterocycles. The van der Waals surface area contributed by atoms with E-state index >= 15 is 0 Å². The number of amides is 4. The van der Waals surface area contributed by atoms with Crippen LogP contribution in [0.5, 0.6) is 0 Å². The summed E-state index contributed by atoms with van der Waals surface area (Å²) in [5.74, 6) is -0.990. The third kappa shape index (κ3) is 14.2. The number of rotatable bonds is 0. The average Bonchev–Trinajstić information content (AvgIpc) is 3.22. The Kier molecular flexibility index (Phi) is 18.9. The van der Waals surface area contributed by atoms with Crippen LogP contribution in [0.25, 0.3) is 0 Å². The number of carbonyl (C=O) groups is 4. The molecule has 0 unspecified atom stereocenters. The van der Waals surface area contributed by atoms with E-state index in [1.165, 1.54) is 0 Å². The smallest absolute Gasteiger partial charge is 0.254 e. The quantitative estimate of drug-likeness (QED) is 0.379. The zero-order valence-corrected chi connectivity index (χ0v) is 32.3. The van der Waals surface area contributed by atoms with Gasteiger partial charge >= 0.3 is 0 Å². The molecule has 0 radical (unpaired) electrons. The molecule has 308 valence electrons. The van der Waals surface area contributed by atoms with Crippen LogP contribution in [0.2, 0.25) is 0 Å². The lowest BCUT2D eigenvalue weighted by Crippen LogP contribution is -2.39. The molecule has 4 amide bonds.